The van der Waals surface area contributed by atoms with Crippen molar-refractivity contribution in [3.8, 4) is 0 Å². The van der Waals surface area contributed by atoms with Gasteiger partial charge in [0, 0.05) is 26.2 Å². The normalized spacial score (nSPS) is 17.0. The van der Waals surface area contributed by atoms with Crippen LogP contribution in [0.5, 0.6) is 0 Å². The Hall–Kier alpha value is -3.24. The smallest absolute Gasteiger partial charge is 0.273 e. The molecule has 0 bridgehead atoms. The lowest BCUT2D eigenvalue weighted by Crippen LogP contribution is -2.51. The van der Waals surface area contributed by atoms with Gasteiger partial charge < -0.3 is 4.90 Å². The number of sulfonamides is 1. The lowest BCUT2D eigenvalue weighted by Gasteiger charge is -2.34. The summed E-state index contributed by atoms with van der Waals surface area (Å²) in [6, 6.07) is 11.8. The van der Waals surface area contributed by atoms with Crippen LogP contribution in [0.25, 0.3) is 10.8 Å². The van der Waals surface area contributed by atoms with Crippen LogP contribution in [0.15, 0.2) is 56.9 Å². The van der Waals surface area contributed by atoms with Gasteiger partial charge in [-0.25, -0.2) is 13.1 Å². The molecule has 9 nitrogen and oxygen atoms in total. The van der Waals surface area contributed by atoms with Crippen LogP contribution in [0, 0.1) is 0 Å². The highest BCUT2D eigenvalue weighted by molar-refractivity contribution is 7.89. The number of benzene rings is 2. The van der Waals surface area contributed by atoms with E-state index in [-0.39, 0.29) is 49.4 Å². The number of hydrogen-bond acceptors (Lipinski definition) is 5. The second-order valence-electron chi connectivity index (χ2n) is 8.80. The summed E-state index contributed by atoms with van der Waals surface area (Å²) >= 11 is 0. The molecule has 10 heteroatoms. The first kappa shape index (κ1) is 22.5. The quantitative estimate of drug-likeness (QED) is 0.599. The molecule has 0 atom stereocenters. The van der Waals surface area contributed by atoms with Crippen LogP contribution in [0.3, 0.4) is 0 Å². The fourth-order valence-corrected chi connectivity index (χ4v) is 6.26. The zero-order valence-corrected chi connectivity index (χ0v) is 19.5. The third-order valence-corrected chi connectivity index (χ3v) is 8.62. The van der Waals surface area contributed by atoms with Gasteiger partial charge in [-0.15, -0.1) is 0 Å². The van der Waals surface area contributed by atoms with Crippen molar-refractivity contribution >= 4 is 26.7 Å². The van der Waals surface area contributed by atoms with Gasteiger partial charge in [0.2, 0.25) is 15.9 Å². The van der Waals surface area contributed by atoms with Crippen molar-refractivity contribution in [1.82, 2.24) is 19.0 Å². The maximum atomic E-state index is 13.2. The number of aryl methyl sites for hydroxylation is 2. The Labute approximate surface area is 196 Å². The maximum Gasteiger partial charge on any atom is 0.273 e. The predicted molar refractivity (Wildman–Crippen MR) is 127 cm³/mol. The summed E-state index contributed by atoms with van der Waals surface area (Å²) in [5, 5.41) is 2.99. The highest BCUT2D eigenvalue weighted by Gasteiger charge is 2.31. The van der Waals surface area contributed by atoms with Gasteiger partial charge in [-0.3, -0.25) is 19.5 Å². The van der Waals surface area contributed by atoms with Crippen LogP contribution in [0.2, 0.25) is 0 Å². The number of piperazine rings is 1. The predicted octanol–water partition coefficient (Wildman–Crippen LogP) is 1.10. The first-order valence-corrected chi connectivity index (χ1v) is 12.9. The fraction of sp³-hybridized carbons (Fsp3) is 0.375. The van der Waals surface area contributed by atoms with Crippen molar-refractivity contribution in [1.29, 1.82) is 0 Å². The van der Waals surface area contributed by atoms with Crippen LogP contribution in [0.4, 0.5) is 0 Å². The zero-order chi connectivity index (χ0) is 23.9. The summed E-state index contributed by atoms with van der Waals surface area (Å²) in [6.07, 6.45) is 4.09. The number of nitrogens with one attached hydrogen (secondary N) is 1. The number of carbonyl (C=O) groups excluding carboxylic acids is 1. The largest absolute Gasteiger partial charge is 0.338 e. The molecule has 0 radical (unpaired) electrons. The van der Waals surface area contributed by atoms with Crippen molar-refractivity contribution in [2.45, 2.75) is 37.1 Å². The van der Waals surface area contributed by atoms with Crippen LogP contribution >= 0.6 is 0 Å². The number of nitrogens with zero attached hydrogens (tertiary/aromatic N) is 3. The molecule has 2 aromatic carbocycles. The third-order valence-electron chi connectivity index (χ3n) is 6.73. The Bertz CT molecular complexity index is 1480. The topological polar surface area (TPSA) is 113 Å². The molecule has 2 aliphatic rings. The lowest BCUT2D eigenvalue weighted by atomic mass is 9.92. The Morgan fingerprint density at radius 2 is 1.56 bits per heavy atom. The number of rotatable bonds is 4. The van der Waals surface area contributed by atoms with E-state index in [1.165, 1.54) is 14.8 Å². The van der Waals surface area contributed by atoms with E-state index >= 15 is 0 Å². The van der Waals surface area contributed by atoms with Crippen LogP contribution in [-0.2, 0) is 34.2 Å². The number of aromatic amines is 1. The molecule has 1 amide bonds. The summed E-state index contributed by atoms with van der Waals surface area (Å²) in [7, 11) is -3.65. The average Bonchev–Trinajstić information content (AvgIpc) is 2.87. The van der Waals surface area contributed by atoms with Gasteiger partial charge >= 0.3 is 0 Å². The average molecular weight is 483 g/mol. The number of aromatic nitrogens is 2. The highest BCUT2D eigenvalue weighted by Crippen LogP contribution is 2.26. The van der Waals surface area contributed by atoms with Crippen molar-refractivity contribution in [3.63, 3.8) is 0 Å². The van der Waals surface area contributed by atoms with Gasteiger partial charge in [0.05, 0.1) is 15.7 Å². The lowest BCUT2D eigenvalue weighted by molar-refractivity contribution is -0.133. The fourth-order valence-electron chi connectivity index (χ4n) is 4.79. The third kappa shape index (κ3) is 4.07. The van der Waals surface area contributed by atoms with E-state index in [0.717, 1.165) is 35.9 Å². The van der Waals surface area contributed by atoms with E-state index in [2.05, 4.69) is 5.10 Å². The minimum atomic E-state index is -3.65. The number of hydrogen-bond donors (Lipinski definition) is 1. The molecule has 1 saturated heterocycles. The molecule has 1 fully saturated rings. The molecule has 0 spiro atoms. The van der Waals surface area contributed by atoms with Crippen molar-refractivity contribution in [2.75, 3.05) is 26.2 Å². The Balaban J connectivity index is 1.28. The van der Waals surface area contributed by atoms with Gasteiger partial charge in [-0.05, 0) is 61.1 Å². The zero-order valence-electron chi connectivity index (χ0n) is 18.7. The second kappa shape index (κ2) is 8.84. The molecular formula is C24H26N4O5S. The van der Waals surface area contributed by atoms with Gasteiger partial charge in [-0.1, -0.05) is 18.2 Å². The SMILES string of the molecule is O=C(Cn1[nH]c(=O)c2ccccc2c1=O)N1CCN(S(=O)(=O)c2ccc3c(c2)CCCC3)CC1. The molecular weight excluding hydrogens is 456 g/mol. The first-order chi connectivity index (χ1) is 16.3. The van der Waals surface area contributed by atoms with Crippen LogP contribution < -0.4 is 11.1 Å². The Kier molecular flexibility index (Phi) is 5.86. The molecule has 3 aromatic rings. The molecule has 178 valence electrons. The van der Waals surface area contributed by atoms with E-state index < -0.39 is 21.1 Å². The van der Waals surface area contributed by atoms with Crippen LogP contribution in [-0.4, -0.2) is 59.5 Å². The molecule has 5 rings (SSSR count). The maximum absolute atomic E-state index is 13.2. The van der Waals surface area contributed by atoms with Gasteiger partial charge in [0.1, 0.15) is 6.54 Å². The summed E-state index contributed by atoms with van der Waals surface area (Å²) in [5.74, 6) is -0.348. The summed E-state index contributed by atoms with van der Waals surface area (Å²) in [5.41, 5.74) is 1.44. The minimum absolute atomic E-state index is 0.175. The molecule has 1 N–H and O–H groups in total. The summed E-state index contributed by atoms with van der Waals surface area (Å²) < 4.78 is 28.8. The molecule has 1 aromatic heterocycles. The van der Waals surface area contributed by atoms with E-state index in [1.807, 2.05) is 6.07 Å². The van der Waals surface area contributed by atoms with Crippen LogP contribution in [0.1, 0.15) is 24.0 Å². The highest BCUT2D eigenvalue weighted by atomic mass is 32.2. The monoisotopic (exact) mass is 482 g/mol. The summed E-state index contributed by atoms with van der Waals surface area (Å²) in [6.45, 7) is 0.476. The van der Waals surface area contributed by atoms with E-state index in [1.54, 1.807) is 36.4 Å². The number of carbonyl (C=O) groups is 1. The first-order valence-electron chi connectivity index (χ1n) is 11.5. The van der Waals surface area contributed by atoms with E-state index in [0.29, 0.717) is 4.90 Å². The van der Waals surface area contributed by atoms with Gasteiger partial charge in [-0.2, -0.15) is 4.31 Å². The molecule has 2 heterocycles. The molecule has 34 heavy (non-hydrogen) atoms. The second-order valence-corrected chi connectivity index (χ2v) is 10.7. The Morgan fingerprint density at radius 1 is 0.882 bits per heavy atom. The van der Waals surface area contributed by atoms with Gasteiger partial charge in [0.25, 0.3) is 11.1 Å². The van der Waals surface area contributed by atoms with E-state index in [9.17, 15) is 22.8 Å². The van der Waals surface area contributed by atoms with Gasteiger partial charge in [0.15, 0.2) is 0 Å². The minimum Gasteiger partial charge on any atom is -0.338 e. The molecule has 1 aliphatic carbocycles. The number of H-pyrrole nitrogens is 1. The van der Waals surface area contributed by atoms with Crippen molar-refractivity contribution in [3.05, 3.63) is 74.3 Å². The number of fused-ring (bicyclic) bond motifs is 2. The summed E-state index contributed by atoms with van der Waals surface area (Å²) in [4.78, 5) is 39.6. The van der Waals surface area contributed by atoms with Crippen molar-refractivity contribution in [2.24, 2.45) is 0 Å². The molecule has 0 unspecified atom stereocenters. The standard InChI is InChI=1S/C24H26N4O5S/c29-22(16-28-24(31)21-8-4-3-7-20(21)23(30)25-28)26-11-13-27(14-12-26)34(32,33)19-10-9-17-5-1-2-6-18(17)15-19/h3-4,7-10,15H,1-2,5-6,11-14,16H2,(H,25,30). The van der Waals surface area contributed by atoms with Crippen molar-refractivity contribution < 1.29 is 13.2 Å². The molecule has 1 aliphatic heterocycles. The Morgan fingerprint density at radius 3 is 2.29 bits per heavy atom. The number of amides is 1. The van der Waals surface area contributed by atoms with E-state index in [4.69, 9.17) is 0 Å². The molecule has 0 saturated carbocycles.